The van der Waals surface area contributed by atoms with E-state index in [1.807, 2.05) is 72.3 Å². The molecule has 0 aliphatic heterocycles. The van der Waals surface area contributed by atoms with E-state index in [2.05, 4.69) is 20.9 Å². The second kappa shape index (κ2) is 16.7. The number of hydrogen-bond donors (Lipinski definition) is 4. The van der Waals surface area contributed by atoms with Crippen LogP contribution in [0.3, 0.4) is 0 Å². The van der Waals surface area contributed by atoms with Gasteiger partial charge in [-0.1, -0.05) is 29.5 Å². The Morgan fingerprint density at radius 3 is 2.43 bits per heavy atom. The average molecular weight is 640 g/mol. The van der Waals surface area contributed by atoms with Crippen molar-refractivity contribution in [2.45, 2.75) is 38.8 Å². The molecule has 0 aliphatic carbocycles. The third-order valence-corrected chi connectivity index (χ3v) is 7.89. The first-order valence-electron chi connectivity index (χ1n) is 16.2. The topological polar surface area (TPSA) is 144 Å². The van der Waals surface area contributed by atoms with Gasteiger partial charge in [0.2, 0.25) is 11.2 Å². The number of aromatic hydroxyl groups is 1. The van der Waals surface area contributed by atoms with E-state index in [1.165, 1.54) is 0 Å². The highest BCUT2D eigenvalue weighted by Gasteiger charge is 2.13. The van der Waals surface area contributed by atoms with Gasteiger partial charge >= 0.3 is 0 Å². The second-order valence-electron chi connectivity index (χ2n) is 11.8. The summed E-state index contributed by atoms with van der Waals surface area (Å²) in [4.78, 5) is 15.0. The summed E-state index contributed by atoms with van der Waals surface area (Å²) in [5, 5.41) is 28.0. The Morgan fingerprint density at radius 1 is 0.936 bits per heavy atom. The summed E-state index contributed by atoms with van der Waals surface area (Å²) in [6, 6.07) is 17.1. The molecular weight excluding hydrogens is 594 g/mol. The largest absolute Gasteiger partial charge is 0.502 e. The van der Waals surface area contributed by atoms with Crippen molar-refractivity contribution in [2.24, 2.45) is 5.73 Å². The van der Waals surface area contributed by atoms with Crippen LogP contribution in [0.15, 0.2) is 70.0 Å². The SMILES string of the molecule is CN(C)c1ccc(/C=C/c2oc3cc4cc(OCc5cn(CCCNCCCCNCCCN)nn5)ccc4cc3c(=O)c2O)cc1. The lowest BCUT2D eigenvalue weighted by Crippen LogP contribution is -2.22. The van der Waals surface area contributed by atoms with Gasteiger partial charge in [0.15, 0.2) is 5.76 Å². The predicted octanol–water partition coefficient (Wildman–Crippen LogP) is 4.76. The number of nitrogens with zero attached hydrogens (tertiary/aromatic N) is 4. The van der Waals surface area contributed by atoms with E-state index in [0.29, 0.717) is 16.7 Å². The van der Waals surface area contributed by atoms with Crippen molar-refractivity contribution in [2.75, 3.05) is 51.7 Å². The highest BCUT2D eigenvalue weighted by Crippen LogP contribution is 2.29. The lowest BCUT2D eigenvalue weighted by Gasteiger charge is -2.11. The molecule has 0 amide bonds. The Morgan fingerprint density at radius 2 is 1.68 bits per heavy atom. The van der Waals surface area contributed by atoms with Gasteiger partial charge in [-0.3, -0.25) is 9.48 Å². The maximum atomic E-state index is 13.0. The normalized spacial score (nSPS) is 11.6. The Hall–Kier alpha value is -4.71. The fraction of sp³-hybridized carbons (Fsp3) is 0.361. The zero-order valence-electron chi connectivity index (χ0n) is 27.2. The van der Waals surface area contributed by atoms with Crippen molar-refractivity contribution >= 4 is 39.6 Å². The minimum Gasteiger partial charge on any atom is -0.502 e. The zero-order valence-corrected chi connectivity index (χ0v) is 27.2. The predicted molar refractivity (Wildman–Crippen MR) is 189 cm³/mol. The Bertz CT molecular complexity index is 1830. The maximum absolute atomic E-state index is 13.0. The number of aromatic nitrogens is 3. The smallest absolute Gasteiger partial charge is 0.235 e. The number of benzene rings is 3. The van der Waals surface area contributed by atoms with E-state index < -0.39 is 11.2 Å². The summed E-state index contributed by atoms with van der Waals surface area (Å²) in [5.41, 5.74) is 8.15. The molecule has 5 aromatic rings. The molecule has 11 heteroatoms. The van der Waals surface area contributed by atoms with Crippen molar-refractivity contribution in [3.8, 4) is 11.5 Å². The summed E-state index contributed by atoms with van der Waals surface area (Å²) in [7, 11) is 3.96. The van der Waals surface area contributed by atoms with Crippen molar-refractivity contribution in [3.63, 3.8) is 0 Å². The van der Waals surface area contributed by atoms with E-state index in [0.717, 1.165) is 92.7 Å². The Balaban J connectivity index is 1.15. The molecule has 47 heavy (non-hydrogen) atoms. The van der Waals surface area contributed by atoms with E-state index >= 15 is 0 Å². The summed E-state index contributed by atoms with van der Waals surface area (Å²) in [5.74, 6) is 0.347. The molecule has 5 N–H and O–H groups in total. The first-order chi connectivity index (χ1) is 22.9. The van der Waals surface area contributed by atoms with E-state index in [-0.39, 0.29) is 12.4 Å². The lowest BCUT2D eigenvalue weighted by atomic mass is 10.1. The number of rotatable bonds is 18. The van der Waals surface area contributed by atoms with E-state index in [9.17, 15) is 9.90 Å². The van der Waals surface area contributed by atoms with Crippen LogP contribution in [0.1, 0.15) is 42.7 Å². The number of nitrogens with two attached hydrogens (primary N) is 1. The first kappa shape index (κ1) is 33.6. The van der Waals surface area contributed by atoms with Gasteiger partial charge in [0.1, 0.15) is 23.6 Å². The number of ether oxygens (including phenoxy) is 1. The third-order valence-electron chi connectivity index (χ3n) is 7.89. The number of unbranched alkanes of at least 4 members (excludes halogenated alkanes) is 1. The van der Waals surface area contributed by atoms with Crippen molar-refractivity contribution in [1.82, 2.24) is 25.6 Å². The van der Waals surface area contributed by atoms with Gasteiger partial charge in [-0.25, -0.2) is 0 Å². The molecule has 0 aliphatic rings. The standard InChI is InChI=1S/C36H45N7O4/c1-42(2)30-11-7-26(8-12-30)9-14-33-36(45)35(44)32-22-27-10-13-31(21-28(27)23-34(32)47-33)46-25-29-24-43(41-40-29)20-6-19-39-17-4-3-16-38-18-5-15-37/h7-14,21-24,38-39,45H,3-6,15-20,25,37H2,1-2H3/b14-9+. The number of nitrogens with one attached hydrogen (secondary N) is 2. The van der Waals surface area contributed by atoms with Gasteiger partial charge in [0, 0.05) is 26.3 Å². The van der Waals surface area contributed by atoms with Crippen LogP contribution in [0, 0.1) is 0 Å². The van der Waals surface area contributed by atoms with Crippen molar-refractivity contribution in [1.29, 1.82) is 0 Å². The second-order valence-corrected chi connectivity index (χ2v) is 11.8. The molecule has 248 valence electrons. The van der Waals surface area contributed by atoms with Gasteiger partial charge in [0.25, 0.3) is 0 Å². The van der Waals surface area contributed by atoms with Crippen molar-refractivity contribution in [3.05, 3.63) is 88.0 Å². The summed E-state index contributed by atoms with van der Waals surface area (Å²) in [6.45, 7) is 5.78. The number of anilines is 1. The number of fused-ring (bicyclic) bond motifs is 2. The summed E-state index contributed by atoms with van der Waals surface area (Å²) < 4.78 is 13.9. The van der Waals surface area contributed by atoms with E-state index in [1.54, 1.807) is 24.3 Å². The van der Waals surface area contributed by atoms with Crippen molar-refractivity contribution < 1.29 is 14.3 Å². The fourth-order valence-corrected chi connectivity index (χ4v) is 5.20. The number of hydrogen-bond acceptors (Lipinski definition) is 10. The number of aryl methyl sites for hydroxylation is 1. The molecule has 5 rings (SSSR count). The molecule has 2 aromatic heterocycles. The van der Waals surface area contributed by atoms with Crippen LogP contribution in [0.4, 0.5) is 5.69 Å². The van der Waals surface area contributed by atoms with Gasteiger partial charge in [-0.05, 0) is 117 Å². The van der Waals surface area contributed by atoms with Crippen LogP contribution in [0.5, 0.6) is 11.5 Å². The quantitative estimate of drug-likeness (QED) is 0.0783. The summed E-state index contributed by atoms with van der Waals surface area (Å²) in [6.07, 6.45) is 9.62. The van der Waals surface area contributed by atoms with Crippen LogP contribution in [0.25, 0.3) is 33.9 Å². The van der Waals surface area contributed by atoms with Gasteiger partial charge in [-0.15, -0.1) is 5.10 Å². The molecule has 3 aromatic carbocycles. The van der Waals surface area contributed by atoms with E-state index in [4.69, 9.17) is 14.9 Å². The molecule has 0 saturated heterocycles. The van der Waals surface area contributed by atoms with Crippen LogP contribution in [-0.2, 0) is 13.2 Å². The maximum Gasteiger partial charge on any atom is 0.235 e. The molecule has 11 nitrogen and oxygen atoms in total. The third kappa shape index (κ3) is 9.41. The molecule has 0 unspecified atom stereocenters. The molecular formula is C36H45N7O4. The fourth-order valence-electron chi connectivity index (χ4n) is 5.20. The molecule has 2 heterocycles. The highest BCUT2D eigenvalue weighted by atomic mass is 16.5. The van der Waals surface area contributed by atoms with Crippen LogP contribution in [0.2, 0.25) is 0 Å². The van der Waals surface area contributed by atoms with Gasteiger partial charge < -0.3 is 35.5 Å². The first-order valence-corrected chi connectivity index (χ1v) is 16.2. The van der Waals surface area contributed by atoms with Crippen LogP contribution < -0.4 is 31.4 Å². The van der Waals surface area contributed by atoms with Crippen LogP contribution in [-0.4, -0.2) is 66.9 Å². The average Bonchev–Trinajstić information content (AvgIpc) is 3.54. The van der Waals surface area contributed by atoms with Gasteiger partial charge in [-0.2, -0.15) is 0 Å². The molecule has 0 radical (unpaired) electrons. The molecule has 0 saturated carbocycles. The Labute approximate surface area is 275 Å². The molecule has 0 atom stereocenters. The van der Waals surface area contributed by atoms with Gasteiger partial charge in [0.05, 0.1) is 11.6 Å². The minimum absolute atomic E-state index is 0.104. The monoisotopic (exact) mass is 639 g/mol. The molecule has 0 fully saturated rings. The van der Waals surface area contributed by atoms with Crippen LogP contribution >= 0.6 is 0 Å². The highest BCUT2D eigenvalue weighted by molar-refractivity contribution is 5.97. The minimum atomic E-state index is -0.475. The lowest BCUT2D eigenvalue weighted by molar-refractivity contribution is 0.301. The summed E-state index contributed by atoms with van der Waals surface area (Å²) >= 11 is 0. The zero-order chi connectivity index (χ0) is 33.0. The molecule has 0 bridgehead atoms. The molecule has 0 spiro atoms. The Kier molecular flexibility index (Phi) is 12.0.